The maximum Gasteiger partial charge on any atom is 0.196 e. The highest BCUT2D eigenvalue weighted by molar-refractivity contribution is 7.99. The summed E-state index contributed by atoms with van der Waals surface area (Å²) in [5.41, 5.74) is 2.91. The van der Waals surface area contributed by atoms with Crippen LogP contribution in [0.3, 0.4) is 0 Å². The van der Waals surface area contributed by atoms with Crippen molar-refractivity contribution in [2.45, 2.75) is 37.1 Å². The molecule has 5 rings (SSSR count). The standard InChI is InChI=1S/C22H22ClN5OS/c23-17-8-1-3-10-19(17)28-21(13-27-15-24-18-9-2-4-11-20(18)27)25-26-22(28)30-14-16-7-5-6-12-29-16/h1-4,8-11,15-16H,5-7,12-14H2/t16-/m0/s1. The molecule has 3 heterocycles. The molecule has 1 atom stereocenters. The van der Waals surface area contributed by atoms with E-state index < -0.39 is 0 Å². The van der Waals surface area contributed by atoms with Crippen molar-refractivity contribution in [2.75, 3.05) is 12.4 Å². The second-order valence-corrected chi connectivity index (χ2v) is 8.74. The Balaban J connectivity index is 1.49. The minimum atomic E-state index is 0.265. The molecule has 8 heteroatoms. The zero-order valence-electron chi connectivity index (χ0n) is 16.4. The fourth-order valence-electron chi connectivity index (χ4n) is 3.77. The molecule has 0 N–H and O–H groups in total. The van der Waals surface area contributed by atoms with Gasteiger partial charge in [-0.2, -0.15) is 0 Å². The molecule has 0 aliphatic carbocycles. The Bertz CT molecular complexity index is 1150. The van der Waals surface area contributed by atoms with Crippen LogP contribution in [0.25, 0.3) is 16.7 Å². The monoisotopic (exact) mass is 439 g/mol. The summed E-state index contributed by atoms with van der Waals surface area (Å²) in [7, 11) is 0. The van der Waals surface area contributed by atoms with Gasteiger partial charge >= 0.3 is 0 Å². The quantitative estimate of drug-likeness (QED) is 0.396. The maximum absolute atomic E-state index is 6.56. The minimum absolute atomic E-state index is 0.265. The SMILES string of the molecule is Clc1ccccc1-n1c(Cn2cnc3ccccc32)nnc1SC[C@@H]1CCCCO1. The second-order valence-electron chi connectivity index (χ2n) is 7.35. The van der Waals surface area contributed by atoms with E-state index in [-0.39, 0.29) is 6.10 Å². The predicted molar refractivity (Wildman–Crippen MR) is 120 cm³/mol. The first kappa shape index (κ1) is 19.6. The van der Waals surface area contributed by atoms with Crippen LogP contribution in [0.2, 0.25) is 5.02 Å². The average molecular weight is 440 g/mol. The zero-order valence-corrected chi connectivity index (χ0v) is 18.0. The van der Waals surface area contributed by atoms with E-state index in [0.29, 0.717) is 11.6 Å². The number of rotatable bonds is 6. The lowest BCUT2D eigenvalue weighted by Crippen LogP contribution is -2.21. The largest absolute Gasteiger partial charge is 0.377 e. The molecule has 0 amide bonds. The Morgan fingerprint density at radius 2 is 1.93 bits per heavy atom. The van der Waals surface area contributed by atoms with Crippen LogP contribution < -0.4 is 0 Å². The fourth-order valence-corrected chi connectivity index (χ4v) is 5.02. The van der Waals surface area contributed by atoms with Crippen molar-refractivity contribution in [3.8, 4) is 5.69 Å². The highest BCUT2D eigenvalue weighted by atomic mass is 35.5. The number of halogens is 1. The summed E-state index contributed by atoms with van der Waals surface area (Å²) in [6.45, 7) is 1.40. The summed E-state index contributed by atoms with van der Waals surface area (Å²) in [5.74, 6) is 1.68. The van der Waals surface area contributed by atoms with Gasteiger partial charge in [0.1, 0.15) is 0 Å². The first-order chi connectivity index (χ1) is 14.8. The molecule has 1 saturated heterocycles. The molecule has 1 fully saturated rings. The maximum atomic E-state index is 6.56. The number of nitrogens with zero attached hydrogens (tertiary/aromatic N) is 5. The van der Waals surface area contributed by atoms with Crippen molar-refractivity contribution < 1.29 is 4.74 Å². The van der Waals surface area contributed by atoms with E-state index in [9.17, 15) is 0 Å². The lowest BCUT2D eigenvalue weighted by atomic mass is 10.1. The summed E-state index contributed by atoms with van der Waals surface area (Å²) in [6.07, 6.45) is 5.59. The van der Waals surface area contributed by atoms with Gasteiger partial charge in [-0.15, -0.1) is 10.2 Å². The predicted octanol–water partition coefficient (Wildman–Crippen LogP) is 4.98. The smallest absolute Gasteiger partial charge is 0.196 e. The van der Waals surface area contributed by atoms with Crippen LogP contribution in [0.5, 0.6) is 0 Å². The number of aromatic nitrogens is 5. The normalized spacial score (nSPS) is 16.9. The second kappa shape index (κ2) is 8.79. The Labute approximate surface area is 184 Å². The van der Waals surface area contributed by atoms with Gasteiger partial charge in [0.25, 0.3) is 0 Å². The highest BCUT2D eigenvalue weighted by Gasteiger charge is 2.20. The van der Waals surface area contributed by atoms with E-state index >= 15 is 0 Å². The molecule has 1 aliphatic rings. The number of para-hydroxylation sites is 3. The summed E-state index contributed by atoms with van der Waals surface area (Å²) >= 11 is 8.23. The van der Waals surface area contributed by atoms with E-state index in [0.717, 1.165) is 52.9 Å². The molecule has 0 radical (unpaired) electrons. The van der Waals surface area contributed by atoms with Crippen LogP contribution in [0.15, 0.2) is 60.0 Å². The van der Waals surface area contributed by atoms with Crippen molar-refractivity contribution in [1.82, 2.24) is 24.3 Å². The molecule has 0 saturated carbocycles. The first-order valence-electron chi connectivity index (χ1n) is 10.1. The third-order valence-electron chi connectivity index (χ3n) is 5.31. The average Bonchev–Trinajstić information content (AvgIpc) is 3.38. The van der Waals surface area contributed by atoms with Crippen LogP contribution in [0.1, 0.15) is 25.1 Å². The Morgan fingerprint density at radius 1 is 1.07 bits per heavy atom. The molecule has 1 aliphatic heterocycles. The van der Waals surface area contributed by atoms with Crippen molar-refractivity contribution in [1.29, 1.82) is 0 Å². The molecule has 2 aromatic carbocycles. The van der Waals surface area contributed by atoms with E-state index in [4.69, 9.17) is 16.3 Å². The molecule has 0 unspecified atom stereocenters. The zero-order chi connectivity index (χ0) is 20.3. The van der Waals surface area contributed by atoms with Gasteiger partial charge in [-0.25, -0.2) is 4.98 Å². The van der Waals surface area contributed by atoms with Crippen LogP contribution in [-0.2, 0) is 11.3 Å². The lowest BCUT2D eigenvalue weighted by Gasteiger charge is -2.22. The summed E-state index contributed by atoms with van der Waals surface area (Å²) in [6, 6.07) is 15.9. The van der Waals surface area contributed by atoms with E-state index in [1.807, 2.05) is 48.8 Å². The van der Waals surface area contributed by atoms with Crippen LogP contribution in [0.4, 0.5) is 0 Å². The molecule has 30 heavy (non-hydrogen) atoms. The van der Waals surface area contributed by atoms with Gasteiger partial charge in [0.2, 0.25) is 0 Å². The van der Waals surface area contributed by atoms with Gasteiger partial charge in [0.05, 0.1) is 40.7 Å². The molecule has 4 aromatic rings. The fraction of sp³-hybridized carbons (Fsp3) is 0.318. The van der Waals surface area contributed by atoms with Crippen molar-refractivity contribution in [3.05, 3.63) is 65.7 Å². The Kier molecular flexibility index (Phi) is 5.75. The van der Waals surface area contributed by atoms with Gasteiger partial charge in [0, 0.05) is 12.4 Å². The van der Waals surface area contributed by atoms with Gasteiger partial charge < -0.3 is 9.30 Å². The van der Waals surface area contributed by atoms with Gasteiger partial charge in [0.15, 0.2) is 11.0 Å². The topological polar surface area (TPSA) is 57.8 Å². The molecule has 0 bridgehead atoms. The van der Waals surface area contributed by atoms with Gasteiger partial charge in [-0.05, 0) is 43.5 Å². The summed E-state index contributed by atoms with van der Waals surface area (Å²) in [5, 5.41) is 10.5. The van der Waals surface area contributed by atoms with Crippen molar-refractivity contribution >= 4 is 34.4 Å². The Morgan fingerprint density at radius 3 is 2.80 bits per heavy atom. The number of imidazole rings is 1. The Hall–Kier alpha value is -2.35. The van der Waals surface area contributed by atoms with E-state index in [1.165, 1.54) is 6.42 Å². The number of hydrogen-bond donors (Lipinski definition) is 0. The molecular formula is C22H22ClN5OS. The van der Waals surface area contributed by atoms with Crippen LogP contribution in [0, 0.1) is 0 Å². The number of ether oxygens (including phenoxy) is 1. The van der Waals surface area contributed by atoms with Gasteiger partial charge in [-0.3, -0.25) is 4.57 Å². The van der Waals surface area contributed by atoms with Crippen LogP contribution >= 0.6 is 23.4 Å². The van der Waals surface area contributed by atoms with E-state index in [1.54, 1.807) is 11.8 Å². The number of fused-ring (bicyclic) bond motifs is 1. The molecular weight excluding hydrogens is 418 g/mol. The number of thioether (sulfide) groups is 1. The van der Waals surface area contributed by atoms with Crippen molar-refractivity contribution in [2.24, 2.45) is 0 Å². The third kappa shape index (κ3) is 3.97. The number of hydrogen-bond acceptors (Lipinski definition) is 5. The lowest BCUT2D eigenvalue weighted by molar-refractivity contribution is 0.0315. The third-order valence-corrected chi connectivity index (χ3v) is 6.69. The molecule has 6 nitrogen and oxygen atoms in total. The molecule has 2 aromatic heterocycles. The molecule has 154 valence electrons. The summed E-state index contributed by atoms with van der Waals surface area (Å²) in [4.78, 5) is 4.50. The van der Waals surface area contributed by atoms with Crippen molar-refractivity contribution in [3.63, 3.8) is 0 Å². The minimum Gasteiger partial charge on any atom is -0.377 e. The highest BCUT2D eigenvalue weighted by Crippen LogP contribution is 2.29. The van der Waals surface area contributed by atoms with E-state index in [2.05, 4.69) is 30.4 Å². The number of benzene rings is 2. The molecule has 0 spiro atoms. The summed E-state index contributed by atoms with van der Waals surface area (Å²) < 4.78 is 10.0. The first-order valence-corrected chi connectivity index (χ1v) is 11.5. The van der Waals surface area contributed by atoms with Gasteiger partial charge in [-0.1, -0.05) is 47.6 Å². The van der Waals surface area contributed by atoms with Crippen LogP contribution in [-0.4, -0.2) is 42.8 Å².